The first-order valence-corrected chi connectivity index (χ1v) is 5.29. The van der Waals surface area contributed by atoms with Gasteiger partial charge in [-0.2, -0.15) is 4.98 Å². The normalized spacial score (nSPS) is 10.1. The lowest BCUT2D eigenvalue weighted by atomic mass is 10.2. The molecular formula is C11H10ClFN4. The summed E-state index contributed by atoms with van der Waals surface area (Å²) in [5.74, 6) is 0.644. The van der Waals surface area contributed by atoms with E-state index in [0.717, 1.165) is 5.69 Å². The minimum atomic E-state index is -0.235. The van der Waals surface area contributed by atoms with Gasteiger partial charge in [0.2, 0.25) is 5.95 Å². The van der Waals surface area contributed by atoms with E-state index in [2.05, 4.69) is 20.1 Å². The van der Waals surface area contributed by atoms with Crippen LogP contribution in [0.3, 0.4) is 0 Å². The fourth-order valence-corrected chi connectivity index (χ4v) is 1.44. The molecule has 0 amide bonds. The second-order valence-corrected chi connectivity index (χ2v) is 3.64. The van der Waals surface area contributed by atoms with Gasteiger partial charge < -0.3 is 5.32 Å². The summed E-state index contributed by atoms with van der Waals surface area (Å²) in [6.45, 7) is 1.70. The molecule has 0 bridgehead atoms. The Balaban J connectivity index is 2.22. The number of hydrogen-bond donors (Lipinski definition) is 2. The Morgan fingerprint density at radius 1 is 1.29 bits per heavy atom. The molecule has 0 radical (unpaired) electrons. The third-order valence-electron chi connectivity index (χ3n) is 2.17. The van der Waals surface area contributed by atoms with E-state index in [1.165, 1.54) is 6.07 Å². The van der Waals surface area contributed by atoms with Gasteiger partial charge >= 0.3 is 0 Å². The molecule has 2 rings (SSSR count). The van der Waals surface area contributed by atoms with Crippen LogP contribution >= 0.6 is 11.8 Å². The predicted octanol–water partition coefficient (Wildman–Crippen LogP) is 3.23. The van der Waals surface area contributed by atoms with E-state index < -0.39 is 0 Å². The molecule has 0 aliphatic rings. The summed E-state index contributed by atoms with van der Waals surface area (Å²) in [5.41, 5.74) is 1.32. The van der Waals surface area contributed by atoms with Gasteiger partial charge in [0.25, 0.3) is 0 Å². The lowest BCUT2D eigenvalue weighted by Gasteiger charge is -2.07. The third kappa shape index (κ3) is 2.82. The maximum atomic E-state index is 13.1. The van der Waals surface area contributed by atoms with Crippen LogP contribution in [0.1, 0.15) is 5.56 Å². The molecule has 6 heteroatoms. The van der Waals surface area contributed by atoms with E-state index in [9.17, 15) is 4.39 Å². The Morgan fingerprint density at radius 3 is 2.82 bits per heavy atom. The number of aryl methyl sites for hydroxylation is 1. The molecule has 0 fully saturated rings. The van der Waals surface area contributed by atoms with Crippen LogP contribution in [0.15, 0.2) is 30.5 Å². The third-order valence-corrected chi connectivity index (χ3v) is 2.34. The molecule has 0 atom stereocenters. The van der Waals surface area contributed by atoms with Crippen molar-refractivity contribution in [3.63, 3.8) is 0 Å². The summed E-state index contributed by atoms with van der Waals surface area (Å²) in [6, 6.07) is 6.43. The monoisotopic (exact) mass is 252 g/mol. The van der Waals surface area contributed by atoms with Crippen molar-refractivity contribution >= 4 is 29.2 Å². The van der Waals surface area contributed by atoms with Gasteiger partial charge in [0.15, 0.2) is 0 Å². The predicted molar refractivity (Wildman–Crippen MR) is 65.9 cm³/mol. The highest BCUT2D eigenvalue weighted by Gasteiger charge is 2.01. The van der Waals surface area contributed by atoms with Crippen LogP contribution < -0.4 is 10.2 Å². The molecular weight excluding hydrogens is 243 g/mol. The zero-order valence-corrected chi connectivity index (χ0v) is 9.79. The van der Waals surface area contributed by atoms with Gasteiger partial charge in [0.1, 0.15) is 11.6 Å². The fraction of sp³-hybridized carbons (Fsp3) is 0.0909. The number of nitrogens with one attached hydrogen (secondary N) is 2. The van der Waals surface area contributed by atoms with E-state index in [1.807, 2.05) is 0 Å². The zero-order chi connectivity index (χ0) is 12.3. The highest BCUT2D eigenvalue weighted by atomic mass is 35.5. The number of nitrogens with zero attached hydrogens (tertiary/aromatic N) is 2. The van der Waals surface area contributed by atoms with Crippen LogP contribution in [0, 0.1) is 12.7 Å². The van der Waals surface area contributed by atoms with Crippen LogP contribution in [0.4, 0.5) is 21.8 Å². The molecule has 0 saturated heterocycles. The second-order valence-electron chi connectivity index (χ2n) is 3.45. The molecule has 2 aromatic rings. The topological polar surface area (TPSA) is 49.8 Å². The molecule has 0 saturated carbocycles. The largest absolute Gasteiger partial charge is 0.340 e. The lowest BCUT2D eigenvalue weighted by molar-refractivity contribution is 0.619. The Kier molecular flexibility index (Phi) is 3.39. The Morgan fingerprint density at radius 2 is 2.12 bits per heavy atom. The molecule has 4 nitrogen and oxygen atoms in total. The quantitative estimate of drug-likeness (QED) is 0.824. The van der Waals surface area contributed by atoms with Crippen LogP contribution in [-0.4, -0.2) is 9.97 Å². The van der Waals surface area contributed by atoms with Gasteiger partial charge in [-0.25, -0.2) is 9.37 Å². The fourth-order valence-electron chi connectivity index (χ4n) is 1.34. The average molecular weight is 253 g/mol. The van der Waals surface area contributed by atoms with E-state index in [0.29, 0.717) is 17.3 Å². The van der Waals surface area contributed by atoms with Gasteiger partial charge in [-0.05, 0) is 36.8 Å². The first-order valence-electron chi connectivity index (χ1n) is 4.92. The average Bonchev–Trinajstić information content (AvgIpc) is 2.34. The smallest absolute Gasteiger partial charge is 0.239 e. The standard InChI is InChI=1S/C11H10ClFN4/c1-7-6-8(2-3-9(7)13)15-10-4-5-14-11(16-10)17-12/h2-6H,1H3,(H2,14,15,16,17). The van der Waals surface area contributed by atoms with Gasteiger partial charge in [0.05, 0.1) is 0 Å². The number of rotatable bonds is 3. The number of aromatic nitrogens is 2. The maximum absolute atomic E-state index is 13.1. The van der Waals surface area contributed by atoms with Crippen LogP contribution in [0.25, 0.3) is 0 Å². The summed E-state index contributed by atoms with van der Waals surface area (Å²) in [5, 5.41) is 3.03. The molecule has 1 heterocycles. The molecule has 0 aliphatic carbocycles. The van der Waals surface area contributed by atoms with Crippen molar-refractivity contribution < 1.29 is 4.39 Å². The van der Waals surface area contributed by atoms with Crippen LogP contribution in [0.2, 0.25) is 0 Å². The minimum absolute atomic E-state index is 0.235. The summed E-state index contributed by atoms with van der Waals surface area (Å²) in [7, 11) is 0. The van der Waals surface area contributed by atoms with Crippen molar-refractivity contribution in [2.75, 3.05) is 10.2 Å². The summed E-state index contributed by atoms with van der Waals surface area (Å²) >= 11 is 5.40. The Labute approximate surface area is 103 Å². The molecule has 88 valence electrons. The lowest BCUT2D eigenvalue weighted by Crippen LogP contribution is -1.98. The zero-order valence-electron chi connectivity index (χ0n) is 9.04. The van der Waals surface area contributed by atoms with E-state index in [1.54, 1.807) is 31.3 Å². The van der Waals surface area contributed by atoms with Gasteiger partial charge in [-0.15, -0.1) is 0 Å². The molecule has 1 aromatic carbocycles. The molecule has 0 unspecified atom stereocenters. The van der Waals surface area contributed by atoms with Crippen molar-refractivity contribution in [1.82, 2.24) is 9.97 Å². The summed E-state index contributed by atoms with van der Waals surface area (Å²) < 4.78 is 13.1. The first kappa shape index (κ1) is 11.6. The number of hydrogen-bond acceptors (Lipinski definition) is 4. The van der Waals surface area contributed by atoms with Gasteiger partial charge in [0, 0.05) is 23.7 Å². The van der Waals surface area contributed by atoms with Crippen molar-refractivity contribution in [2.24, 2.45) is 0 Å². The minimum Gasteiger partial charge on any atom is -0.340 e. The van der Waals surface area contributed by atoms with Gasteiger partial charge in [-0.1, -0.05) is 0 Å². The highest BCUT2D eigenvalue weighted by molar-refractivity contribution is 6.23. The highest BCUT2D eigenvalue weighted by Crippen LogP contribution is 2.18. The van der Waals surface area contributed by atoms with Crippen molar-refractivity contribution in [3.8, 4) is 0 Å². The molecule has 17 heavy (non-hydrogen) atoms. The van der Waals surface area contributed by atoms with E-state index >= 15 is 0 Å². The number of anilines is 3. The Hall–Kier alpha value is -1.88. The van der Waals surface area contributed by atoms with Crippen molar-refractivity contribution in [1.29, 1.82) is 0 Å². The number of benzene rings is 1. The molecule has 2 N–H and O–H groups in total. The molecule has 0 spiro atoms. The Bertz CT molecular complexity index is 533. The van der Waals surface area contributed by atoms with Crippen LogP contribution in [-0.2, 0) is 0 Å². The number of halogens is 2. The first-order chi connectivity index (χ1) is 8.19. The van der Waals surface area contributed by atoms with Crippen LogP contribution in [0.5, 0.6) is 0 Å². The van der Waals surface area contributed by atoms with E-state index in [-0.39, 0.29) is 5.82 Å². The summed E-state index contributed by atoms with van der Waals surface area (Å²) in [6.07, 6.45) is 1.57. The van der Waals surface area contributed by atoms with Crippen molar-refractivity contribution in [3.05, 3.63) is 41.8 Å². The maximum Gasteiger partial charge on any atom is 0.239 e. The van der Waals surface area contributed by atoms with E-state index in [4.69, 9.17) is 11.8 Å². The molecule has 0 aliphatic heterocycles. The second kappa shape index (κ2) is 4.97. The summed E-state index contributed by atoms with van der Waals surface area (Å²) in [4.78, 5) is 10.3. The van der Waals surface area contributed by atoms with Crippen molar-refractivity contribution in [2.45, 2.75) is 6.92 Å². The molecule has 1 aromatic heterocycles. The SMILES string of the molecule is Cc1cc(Nc2ccnc(NCl)n2)ccc1F. The van der Waals surface area contributed by atoms with Gasteiger partial charge in [-0.3, -0.25) is 4.84 Å².